The van der Waals surface area contributed by atoms with Gasteiger partial charge in [0, 0.05) is 24.0 Å². The first-order valence-corrected chi connectivity index (χ1v) is 10.1. The highest BCUT2D eigenvalue weighted by atomic mass is 32.1. The molecule has 1 aliphatic carbocycles. The molecular weight excluding hydrogens is 364 g/mol. The third-order valence-electron chi connectivity index (χ3n) is 5.67. The molecule has 2 heterocycles. The predicted octanol–water partition coefficient (Wildman–Crippen LogP) is 3.54. The van der Waals surface area contributed by atoms with Gasteiger partial charge in [-0.2, -0.15) is 0 Å². The number of benzene rings is 1. The van der Waals surface area contributed by atoms with Gasteiger partial charge in [0.1, 0.15) is 16.5 Å². The maximum Gasteiger partial charge on any atom is 0.307 e. The zero-order valence-electron chi connectivity index (χ0n) is 15.2. The molecule has 1 aliphatic heterocycles. The summed E-state index contributed by atoms with van der Waals surface area (Å²) in [7, 11) is 0. The highest BCUT2D eigenvalue weighted by molar-refractivity contribution is 7.13. The average Bonchev–Trinajstić information content (AvgIpc) is 3.15. The molecular formula is C20H22N2O4S. The summed E-state index contributed by atoms with van der Waals surface area (Å²) in [4.78, 5) is 30.3. The fourth-order valence-electron chi connectivity index (χ4n) is 3.93. The second-order valence-electron chi connectivity index (χ2n) is 7.24. The quantitative estimate of drug-likeness (QED) is 0.850. The van der Waals surface area contributed by atoms with Crippen LogP contribution in [0, 0.1) is 11.3 Å². The molecule has 4 rings (SSSR count). The van der Waals surface area contributed by atoms with Crippen molar-refractivity contribution in [2.45, 2.75) is 26.2 Å². The summed E-state index contributed by atoms with van der Waals surface area (Å²) in [6, 6.07) is 7.70. The van der Waals surface area contributed by atoms with Crippen molar-refractivity contribution in [2.75, 3.05) is 19.7 Å². The average molecular weight is 386 g/mol. The number of hydrogen-bond acceptors (Lipinski definition) is 5. The minimum atomic E-state index is -0.700. The molecule has 1 aromatic heterocycles. The SMILES string of the molecule is CCOc1ccc(-c2nc(C(=O)N3CCC4(CC3)CC4C(=O)O)cs2)cc1. The summed E-state index contributed by atoms with van der Waals surface area (Å²) in [5.74, 6) is -0.170. The Hall–Kier alpha value is -2.41. The first-order valence-electron chi connectivity index (χ1n) is 9.23. The van der Waals surface area contributed by atoms with E-state index in [4.69, 9.17) is 4.74 Å². The number of thiazole rings is 1. The van der Waals surface area contributed by atoms with Crippen LogP contribution in [-0.2, 0) is 4.79 Å². The molecule has 1 saturated heterocycles. The third kappa shape index (κ3) is 3.43. The fraction of sp³-hybridized carbons (Fsp3) is 0.450. The van der Waals surface area contributed by atoms with Crippen LogP contribution in [0.3, 0.4) is 0 Å². The lowest BCUT2D eigenvalue weighted by atomic mass is 9.90. The minimum absolute atomic E-state index is 0.0641. The number of piperidine rings is 1. The Morgan fingerprint density at radius 1 is 1.30 bits per heavy atom. The number of carboxylic acids is 1. The van der Waals surface area contributed by atoms with Gasteiger partial charge in [0.2, 0.25) is 0 Å². The van der Waals surface area contributed by atoms with Crippen LogP contribution < -0.4 is 4.74 Å². The van der Waals surface area contributed by atoms with Crippen molar-refractivity contribution in [1.82, 2.24) is 9.88 Å². The van der Waals surface area contributed by atoms with Gasteiger partial charge in [-0.3, -0.25) is 9.59 Å². The van der Waals surface area contributed by atoms with E-state index >= 15 is 0 Å². The Balaban J connectivity index is 1.40. The molecule has 0 bridgehead atoms. The summed E-state index contributed by atoms with van der Waals surface area (Å²) in [5, 5.41) is 11.8. The minimum Gasteiger partial charge on any atom is -0.494 e. The van der Waals surface area contributed by atoms with Gasteiger partial charge in [-0.25, -0.2) is 4.98 Å². The molecule has 2 aliphatic rings. The number of aliphatic carboxylic acids is 1. The zero-order valence-corrected chi connectivity index (χ0v) is 16.0. The van der Waals surface area contributed by atoms with Crippen LogP contribution in [0.1, 0.15) is 36.7 Å². The number of amides is 1. The lowest BCUT2D eigenvalue weighted by Crippen LogP contribution is -2.40. The number of rotatable bonds is 5. The maximum absolute atomic E-state index is 12.8. The molecule has 6 nitrogen and oxygen atoms in total. The highest BCUT2D eigenvalue weighted by Gasteiger charge is 2.59. The number of hydrogen-bond donors (Lipinski definition) is 1. The summed E-state index contributed by atoms with van der Waals surface area (Å²) in [6.45, 7) is 3.79. The Kier molecular flexibility index (Phi) is 4.63. The van der Waals surface area contributed by atoms with Gasteiger partial charge in [0.25, 0.3) is 5.91 Å². The number of carbonyl (C=O) groups excluding carboxylic acids is 1. The Morgan fingerprint density at radius 3 is 2.59 bits per heavy atom. The fourth-order valence-corrected chi connectivity index (χ4v) is 4.73. The van der Waals surface area contributed by atoms with E-state index in [0.29, 0.717) is 25.4 Å². The van der Waals surface area contributed by atoms with E-state index in [-0.39, 0.29) is 17.2 Å². The van der Waals surface area contributed by atoms with Crippen LogP contribution >= 0.6 is 11.3 Å². The predicted molar refractivity (Wildman–Crippen MR) is 102 cm³/mol. The van der Waals surface area contributed by atoms with Crippen LogP contribution in [0.15, 0.2) is 29.6 Å². The molecule has 2 fully saturated rings. The van der Waals surface area contributed by atoms with E-state index in [1.54, 1.807) is 10.3 Å². The van der Waals surface area contributed by atoms with Crippen molar-refractivity contribution in [3.63, 3.8) is 0 Å². The molecule has 1 aromatic carbocycles. The van der Waals surface area contributed by atoms with Gasteiger partial charge >= 0.3 is 5.97 Å². The molecule has 27 heavy (non-hydrogen) atoms. The first kappa shape index (κ1) is 18.0. The first-order chi connectivity index (χ1) is 13.0. The second-order valence-corrected chi connectivity index (χ2v) is 8.10. The lowest BCUT2D eigenvalue weighted by Gasteiger charge is -2.32. The van der Waals surface area contributed by atoms with Crippen LogP contribution in [0.2, 0.25) is 0 Å². The standard InChI is InChI=1S/C20H22N2O4S/c1-2-26-14-5-3-13(4-6-14)17-21-16(12-27-17)18(23)22-9-7-20(8-10-22)11-15(20)19(24)25/h3-6,12,15H,2,7-11H2,1H3,(H,24,25). The number of ether oxygens (including phenoxy) is 1. The van der Waals surface area contributed by atoms with E-state index in [1.807, 2.05) is 31.2 Å². The molecule has 1 atom stereocenters. The molecule has 0 radical (unpaired) electrons. The van der Waals surface area contributed by atoms with Crippen LogP contribution in [0.5, 0.6) is 5.75 Å². The van der Waals surface area contributed by atoms with Gasteiger partial charge in [-0.1, -0.05) is 0 Å². The number of nitrogens with zero attached hydrogens (tertiary/aromatic N) is 2. The van der Waals surface area contributed by atoms with E-state index in [0.717, 1.165) is 35.6 Å². The monoisotopic (exact) mass is 386 g/mol. The normalized spacial score (nSPS) is 20.5. The van der Waals surface area contributed by atoms with Crippen molar-refractivity contribution in [3.8, 4) is 16.3 Å². The van der Waals surface area contributed by atoms with Gasteiger partial charge in [-0.15, -0.1) is 11.3 Å². The van der Waals surface area contributed by atoms with E-state index in [9.17, 15) is 14.7 Å². The van der Waals surface area contributed by atoms with E-state index in [1.165, 1.54) is 11.3 Å². The number of likely N-dealkylation sites (tertiary alicyclic amines) is 1. The summed E-state index contributed by atoms with van der Waals surface area (Å²) in [5.41, 5.74) is 1.35. The molecule has 1 saturated carbocycles. The highest BCUT2D eigenvalue weighted by Crippen LogP contribution is 2.59. The lowest BCUT2D eigenvalue weighted by molar-refractivity contribution is -0.139. The Morgan fingerprint density at radius 2 is 2.00 bits per heavy atom. The molecule has 1 spiro atoms. The smallest absolute Gasteiger partial charge is 0.307 e. The molecule has 142 valence electrons. The van der Waals surface area contributed by atoms with Crippen molar-refractivity contribution >= 4 is 23.2 Å². The van der Waals surface area contributed by atoms with Gasteiger partial charge in [0.05, 0.1) is 12.5 Å². The van der Waals surface area contributed by atoms with Crippen molar-refractivity contribution in [3.05, 3.63) is 35.3 Å². The van der Waals surface area contributed by atoms with E-state index < -0.39 is 5.97 Å². The molecule has 2 aromatic rings. The molecule has 1 N–H and O–H groups in total. The van der Waals surface area contributed by atoms with Crippen LogP contribution in [-0.4, -0.2) is 46.6 Å². The van der Waals surface area contributed by atoms with Crippen molar-refractivity contribution in [2.24, 2.45) is 11.3 Å². The summed E-state index contributed by atoms with van der Waals surface area (Å²) in [6.07, 6.45) is 2.29. The van der Waals surface area contributed by atoms with Crippen molar-refractivity contribution in [1.29, 1.82) is 0 Å². The van der Waals surface area contributed by atoms with E-state index in [2.05, 4.69) is 4.98 Å². The maximum atomic E-state index is 12.8. The largest absolute Gasteiger partial charge is 0.494 e. The molecule has 1 amide bonds. The molecule has 1 unspecified atom stereocenters. The number of carbonyl (C=O) groups is 2. The Bertz CT molecular complexity index is 853. The van der Waals surface area contributed by atoms with Gasteiger partial charge in [-0.05, 0) is 55.9 Å². The van der Waals surface area contributed by atoms with Gasteiger partial charge in [0.15, 0.2) is 0 Å². The Labute approximate surface area is 161 Å². The second kappa shape index (κ2) is 6.96. The number of aromatic nitrogens is 1. The van der Waals surface area contributed by atoms with Crippen molar-refractivity contribution < 1.29 is 19.4 Å². The molecule has 7 heteroatoms. The topological polar surface area (TPSA) is 79.7 Å². The number of carboxylic acid groups (broad SMARTS) is 1. The summed E-state index contributed by atoms with van der Waals surface area (Å²) < 4.78 is 5.45. The van der Waals surface area contributed by atoms with Gasteiger partial charge < -0.3 is 14.7 Å². The summed E-state index contributed by atoms with van der Waals surface area (Å²) >= 11 is 1.45. The van der Waals surface area contributed by atoms with Crippen LogP contribution in [0.25, 0.3) is 10.6 Å². The zero-order chi connectivity index (χ0) is 19.0. The third-order valence-corrected chi connectivity index (χ3v) is 6.56. The van der Waals surface area contributed by atoms with Crippen LogP contribution in [0.4, 0.5) is 0 Å².